The Kier molecular flexibility index (Phi) is 2.89. The SMILES string of the molecule is O=C1N[C@H]2CNCCN2c2cccc(-c3ccccc3)c21. The molecule has 0 spiro atoms. The molecule has 2 aromatic carbocycles. The van der Waals surface area contributed by atoms with Gasteiger partial charge in [0.1, 0.15) is 6.17 Å². The molecule has 0 saturated carbocycles. The summed E-state index contributed by atoms with van der Waals surface area (Å²) < 4.78 is 0. The predicted octanol–water partition coefficient (Wildman–Crippen LogP) is 1.83. The number of fused-ring (bicyclic) bond motifs is 3. The van der Waals surface area contributed by atoms with Crippen LogP contribution < -0.4 is 15.5 Å². The maximum atomic E-state index is 12.6. The van der Waals surface area contributed by atoms with Crippen LogP contribution in [0.4, 0.5) is 5.69 Å². The van der Waals surface area contributed by atoms with Crippen molar-refractivity contribution in [3.63, 3.8) is 0 Å². The van der Waals surface area contributed by atoms with Crippen molar-refractivity contribution in [2.45, 2.75) is 6.17 Å². The summed E-state index contributed by atoms with van der Waals surface area (Å²) in [5, 5.41) is 6.43. The molecule has 2 aliphatic heterocycles. The highest BCUT2D eigenvalue weighted by Crippen LogP contribution is 2.34. The first-order valence-corrected chi connectivity index (χ1v) is 7.31. The normalized spacial score (nSPS) is 20.5. The van der Waals surface area contributed by atoms with E-state index in [4.69, 9.17) is 0 Å². The minimum Gasteiger partial charge on any atom is -0.348 e. The lowest BCUT2D eigenvalue weighted by molar-refractivity contribution is 0.0923. The number of hydrogen-bond acceptors (Lipinski definition) is 3. The maximum absolute atomic E-state index is 12.6. The molecule has 0 unspecified atom stereocenters. The van der Waals surface area contributed by atoms with Crippen LogP contribution in [0.15, 0.2) is 48.5 Å². The molecule has 0 bridgehead atoms. The van der Waals surface area contributed by atoms with Crippen molar-refractivity contribution in [2.75, 3.05) is 24.5 Å². The fourth-order valence-corrected chi connectivity index (χ4v) is 3.22. The Balaban J connectivity index is 1.88. The van der Waals surface area contributed by atoms with Crippen LogP contribution in [0.1, 0.15) is 10.4 Å². The Morgan fingerprint density at radius 2 is 1.90 bits per heavy atom. The zero-order valence-corrected chi connectivity index (χ0v) is 11.7. The van der Waals surface area contributed by atoms with Crippen molar-refractivity contribution in [3.05, 3.63) is 54.1 Å². The van der Waals surface area contributed by atoms with E-state index in [0.29, 0.717) is 0 Å². The van der Waals surface area contributed by atoms with E-state index >= 15 is 0 Å². The summed E-state index contributed by atoms with van der Waals surface area (Å²) in [6.07, 6.45) is 0.0600. The average Bonchev–Trinajstić information content (AvgIpc) is 2.55. The number of nitrogens with zero attached hydrogens (tertiary/aromatic N) is 1. The summed E-state index contributed by atoms with van der Waals surface area (Å²) in [4.78, 5) is 14.9. The Hall–Kier alpha value is -2.33. The van der Waals surface area contributed by atoms with Gasteiger partial charge in [0.05, 0.1) is 11.3 Å². The third-order valence-electron chi connectivity index (χ3n) is 4.20. The summed E-state index contributed by atoms with van der Waals surface area (Å²) in [7, 11) is 0. The van der Waals surface area contributed by atoms with E-state index in [2.05, 4.69) is 21.6 Å². The van der Waals surface area contributed by atoms with Gasteiger partial charge in [0.2, 0.25) is 0 Å². The van der Waals surface area contributed by atoms with Gasteiger partial charge in [-0.15, -0.1) is 0 Å². The Morgan fingerprint density at radius 1 is 1.05 bits per heavy atom. The summed E-state index contributed by atoms with van der Waals surface area (Å²) in [5.41, 5.74) is 3.93. The number of carbonyl (C=O) groups is 1. The number of carbonyl (C=O) groups excluding carboxylic acids is 1. The largest absolute Gasteiger partial charge is 0.348 e. The summed E-state index contributed by atoms with van der Waals surface area (Å²) in [5.74, 6) is 0.0226. The number of anilines is 1. The smallest absolute Gasteiger partial charge is 0.255 e. The fraction of sp³-hybridized carbons (Fsp3) is 0.235. The molecule has 2 aromatic rings. The first-order chi connectivity index (χ1) is 10.3. The molecular weight excluding hydrogens is 262 g/mol. The van der Waals surface area contributed by atoms with Crippen LogP contribution >= 0.6 is 0 Å². The second-order valence-electron chi connectivity index (χ2n) is 5.45. The third kappa shape index (κ3) is 1.99. The van der Waals surface area contributed by atoms with E-state index in [9.17, 15) is 4.79 Å². The van der Waals surface area contributed by atoms with Crippen LogP contribution in [-0.2, 0) is 0 Å². The van der Waals surface area contributed by atoms with Gasteiger partial charge in [-0.3, -0.25) is 4.79 Å². The van der Waals surface area contributed by atoms with E-state index in [-0.39, 0.29) is 12.1 Å². The van der Waals surface area contributed by atoms with E-state index in [1.165, 1.54) is 0 Å². The molecule has 1 atom stereocenters. The molecule has 0 radical (unpaired) electrons. The molecule has 106 valence electrons. The van der Waals surface area contributed by atoms with E-state index in [1.807, 2.05) is 42.5 Å². The van der Waals surface area contributed by atoms with Gasteiger partial charge in [-0.25, -0.2) is 0 Å². The number of nitrogens with one attached hydrogen (secondary N) is 2. The number of amides is 1. The highest BCUT2D eigenvalue weighted by molar-refractivity contribution is 6.07. The van der Waals surface area contributed by atoms with Crippen molar-refractivity contribution in [1.29, 1.82) is 0 Å². The monoisotopic (exact) mass is 279 g/mol. The quantitative estimate of drug-likeness (QED) is 0.837. The zero-order chi connectivity index (χ0) is 14.2. The summed E-state index contributed by atoms with van der Waals surface area (Å²) >= 11 is 0. The second kappa shape index (κ2) is 4.90. The molecule has 2 heterocycles. The highest BCUT2D eigenvalue weighted by Gasteiger charge is 2.33. The fourth-order valence-electron chi connectivity index (χ4n) is 3.22. The number of rotatable bonds is 1. The average molecular weight is 279 g/mol. The second-order valence-corrected chi connectivity index (χ2v) is 5.45. The predicted molar refractivity (Wildman–Crippen MR) is 83.3 cm³/mol. The molecule has 1 saturated heterocycles. The molecule has 21 heavy (non-hydrogen) atoms. The molecule has 1 fully saturated rings. The number of hydrogen-bond donors (Lipinski definition) is 2. The van der Waals surface area contributed by atoms with Crippen molar-refractivity contribution in [3.8, 4) is 11.1 Å². The van der Waals surface area contributed by atoms with Crippen molar-refractivity contribution >= 4 is 11.6 Å². The lowest BCUT2D eigenvalue weighted by Gasteiger charge is -2.42. The Bertz CT molecular complexity index is 684. The van der Waals surface area contributed by atoms with Gasteiger partial charge in [0.15, 0.2) is 0 Å². The van der Waals surface area contributed by atoms with Gasteiger partial charge >= 0.3 is 0 Å². The van der Waals surface area contributed by atoms with Gasteiger partial charge in [-0.1, -0.05) is 42.5 Å². The molecule has 4 nitrogen and oxygen atoms in total. The first-order valence-electron chi connectivity index (χ1n) is 7.31. The minimum atomic E-state index is 0.0226. The number of piperazine rings is 1. The molecule has 1 amide bonds. The maximum Gasteiger partial charge on any atom is 0.255 e. The van der Waals surface area contributed by atoms with Crippen LogP contribution in [0.2, 0.25) is 0 Å². The molecular formula is C17H17N3O. The van der Waals surface area contributed by atoms with Crippen LogP contribution in [-0.4, -0.2) is 31.7 Å². The molecule has 4 rings (SSSR count). The first kappa shape index (κ1) is 12.4. The van der Waals surface area contributed by atoms with E-state index in [0.717, 1.165) is 42.0 Å². The molecule has 2 aliphatic rings. The molecule has 0 aromatic heterocycles. The van der Waals surface area contributed by atoms with Gasteiger partial charge < -0.3 is 15.5 Å². The Labute approximate surface area is 123 Å². The molecule has 0 aliphatic carbocycles. The Morgan fingerprint density at radius 3 is 2.76 bits per heavy atom. The lowest BCUT2D eigenvalue weighted by atomic mass is 9.95. The van der Waals surface area contributed by atoms with Gasteiger partial charge in [-0.2, -0.15) is 0 Å². The van der Waals surface area contributed by atoms with Gasteiger partial charge in [0, 0.05) is 19.6 Å². The summed E-state index contributed by atoms with van der Waals surface area (Å²) in [6.45, 7) is 2.65. The molecule has 4 heteroatoms. The zero-order valence-electron chi connectivity index (χ0n) is 11.7. The third-order valence-corrected chi connectivity index (χ3v) is 4.20. The van der Waals surface area contributed by atoms with E-state index < -0.39 is 0 Å². The topological polar surface area (TPSA) is 44.4 Å². The molecule has 2 N–H and O–H groups in total. The van der Waals surface area contributed by atoms with Crippen LogP contribution in [0.3, 0.4) is 0 Å². The van der Waals surface area contributed by atoms with Crippen molar-refractivity contribution < 1.29 is 4.79 Å². The highest BCUT2D eigenvalue weighted by atomic mass is 16.2. The lowest BCUT2D eigenvalue weighted by Crippen LogP contribution is -2.62. The minimum absolute atomic E-state index is 0.0226. The van der Waals surface area contributed by atoms with E-state index in [1.54, 1.807) is 0 Å². The standard InChI is InChI=1S/C17H17N3O/c21-17-16-13(12-5-2-1-3-6-12)7-4-8-14(16)20-10-9-18-11-15(20)19-17/h1-8,15,18H,9-11H2,(H,19,21)/t15-/m1/s1. The van der Waals surface area contributed by atoms with Crippen molar-refractivity contribution in [2.24, 2.45) is 0 Å². The van der Waals surface area contributed by atoms with Crippen LogP contribution in [0, 0.1) is 0 Å². The van der Waals surface area contributed by atoms with Crippen molar-refractivity contribution in [1.82, 2.24) is 10.6 Å². The van der Waals surface area contributed by atoms with Crippen LogP contribution in [0.25, 0.3) is 11.1 Å². The van der Waals surface area contributed by atoms with Crippen LogP contribution in [0.5, 0.6) is 0 Å². The summed E-state index contributed by atoms with van der Waals surface area (Å²) in [6, 6.07) is 16.2. The number of benzene rings is 2. The van der Waals surface area contributed by atoms with Gasteiger partial charge in [-0.05, 0) is 17.2 Å². The van der Waals surface area contributed by atoms with Gasteiger partial charge in [0.25, 0.3) is 5.91 Å².